The highest BCUT2D eigenvalue weighted by atomic mass is 32.2. The Balaban J connectivity index is 2.50. The van der Waals surface area contributed by atoms with Crippen molar-refractivity contribution >= 4 is 17.9 Å². The van der Waals surface area contributed by atoms with Gasteiger partial charge in [-0.15, -0.1) is 0 Å². The number of carbonyl (C=O) groups excluding carboxylic acids is 1. The van der Waals surface area contributed by atoms with Crippen LogP contribution in [0.1, 0.15) is 40.0 Å². The van der Waals surface area contributed by atoms with E-state index in [1.807, 2.05) is 25.7 Å². The van der Waals surface area contributed by atoms with Gasteiger partial charge in [-0.2, -0.15) is 11.8 Å². The predicted molar refractivity (Wildman–Crippen MR) is 75.0 cm³/mol. The molecule has 0 spiro atoms. The van der Waals surface area contributed by atoms with Crippen LogP contribution in [0.5, 0.6) is 0 Å². The Labute approximate surface area is 114 Å². The number of rotatable bonds is 4. The Morgan fingerprint density at radius 3 is 2.78 bits per heavy atom. The predicted octanol–water partition coefficient (Wildman–Crippen LogP) is 2.50. The van der Waals surface area contributed by atoms with Gasteiger partial charge in [-0.1, -0.05) is 0 Å². The van der Waals surface area contributed by atoms with Crippen molar-refractivity contribution in [2.24, 2.45) is 0 Å². The smallest absolute Gasteiger partial charge is 0.410 e. The van der Waals surface area contributed by atoms with E-state index in [1.165, 1.54) is 6.42 Å². The highest BCUT2D eigenvalue weighted by Gasteiger charge is 2.30. The van der Waals surface area contributed by atoms with E-state index in [0.29, 0.717) is 0 Å². The van der Waals surface area contributed by atoms with Crippen molar-refractivity contribution < 1.29 is 14.6 Å². The van der Waals surface area contributed by atoms with Crippen LogP contribution in [0.25, 0.3) is 0 Å². The molecule has 1 heterocycles. The van der Waals surface area contributed by atoms with E-state index < -0.39 is 5.60 Å². The van der Waals surface area contributed by atoms with Crippen LogP contribution in [0.3, 0.4) is 0 Å². The molecular formula is C13H25NO3S. The molecule has 0 saturated carbocycles. The largest absolute Gasteiger partial charge is 0.444 e. The number of amides is 1. The number of aliphatic hydroxyl groups is 1. The molecule has 1 atom stereocenters. The number of thioether (sulfide) groups is 1. The third-order valence-corrected chi connectivity index (χ3v) is 3.89. The van der Waals surface area contributed by atoms with Gasteiger partial charge in [0, 0.05) is 24.1 Å². The zero-order valence-electron chi connectivity index (χ0n) is 11.6. The summed E-state index contributed by atoms with van der Waals surface area (Å²) >= 11 is 1.70. The molecule has 1 rings (SSSR count). The number of carbonyl (C=O) groups is 1. The number of hydrogen-bond donors (Lipinski definition) is 1. The molecule has 0 bridgehead atoms. The molecular weight excluding hydrogens is 250 g/mol. The lowest BCUT2D eigenvalue weighted by atomic mass is 10.0. The number of ether oxygens (including phenoxy) is 1. The minimum absolute atomic E-state index is 0.197. The highest BCUT2D eigenvalue weighted by molar-refractivity contribution is 7.99. The molecule has 1 amide bonds. The Morgan fingerprint density at radius 2 is 2.17 bits per heavy atom. The number of piperidine rings is 1. The first-order chi connectivity index (χ1) is 8.44. The van der Waals surface area contributed by atoms with Crippen molar-refractivity contribution in [3.8, 4) is 0 Å². The van der Waals surface area contributed by atoms with Gasteiger partial charge in [0.15, 0.2) is 0 Å². The molecule has 106 valence electrons. The van der Waals surface area contributed by atoms with Crippen molar-refractivity contribution in [3.05, 3.63) is 0 Å². The van der Waals surface area contributed by atoms with E-state index in [-0.39, 0.29) is 18.7 Å². The van der Waals surface area contributed by atoms with Crippen LogP contribution in [0.15, 0.2) is 0 Å². The molecule has 1 N–H and O–H groups in total. The van der Waals surface area contributed by atoms with Gasteiger partial charge in [0.2, 0.25) is 0 Å². The first-order valence-corrected chi connectivity index (χ1v) is 7.78. The first kappa shape index (κ1) is 15.6. The summed E-state index contributed by atoms with van der Waals surface area (Å²) in [5.74, 6) is 1.62. The van der Waals surface area contributed by atoms with Gasteiger partial charge in [-0.25, -0.2) is 4.79 Å². The molecule has 18 heavy (non-hydrogen) atoms. The molecule has 0 radical (unpaired) electrons. The van der Waals surface area contributed by atoms with Crippen molar-refractivity contribution in [3.63, 3.8) is 0 Å². The summed E-state index contributed by atoms with van der Waals surface area (Å²) in [6, 6.07) is 0.255. The minimum Gasteiger partial charge on any atom is -0.444 e. The Hall–Kier alpha value is -0.420. The summed E-state index contributed by atoms with van der Waals surface area (Å²) in [6.45, 7) is 6.67. The third kappa shape index (κ3) is 5.48. The maximum absolute atomic E-state index is 12.1. The van der Waals surface area contributed by atoms with Gasteiger partial charge in [0.05, 0.1) is 6.61 Å². The van der Waals surface area contributed by atoms with Crippen LogP contribution >= 0.6 is 11.8 Å². The van der Waals surface area contributed by atoms with Crippen molar-refractivity contribution in [2.75, 3.05) is 24.7 Å². The summed E-state index contributed by atoms with van der Waals surface area (Å²) in [5.41, 5.74) is -0.433. The van der Waals surface area contributed by atoms with E-state index in [0.717, 1.165) is 30.9 Å². The maximum Gasteiger partial charge on any atom is 0.410 e. The summed E-state index contributed by atoms with van der Waals surface area (Å²) < 4.78 is 5.44. The molecule has 1 saturated heterocycles. The van der Waals surface area contributed by atoms with Crippen LogP contribution < -0.4 is 0 Å². The first-order valence-electron chi connectivity index (χ1n) is 6.62. The summed E-state index contributed by atoms with van der Waals surface area (Å²) in [7, 11) is 0. The average Bonchev–Trinajstić information content (AvgIpc) is 2.27. The maximum atomic E-state index is 12.1. The van der Waals surface area contributed by atoms with Gasteiger partial charge in [0.1, 0.15) is 5.60 Å². The van der Waals surface area contributed by atoms with E-state index in [1.54, 1.807) is 11.8 Å². The van der Waals surface area contributed by atoms with Crippen LogP contribution in [0.4, 0.5) is 4.79 Å². The van der Waals surface area contributed by atoms with E-state index in [9.17, 15) is 4.79 Å². The fourth-order valence-electron chi connectivity index (χ4n) is 2.02. The Kier molecular flexibility index (Phi) is 6.29. The Bertz CT molecular complexity index is 265. The Morgan fingerprint density at radius 1 is 1.44 bits per heavy atom. The molecule has 0 aliphatic carbocycles. The molecule has 1 aliphatic rings. The zero-order chi connectivity index (χ0) is 13.6. The topological polar surface area (TPSA) is 49.8 Å². The summed E-state index contributed by atoms with van der Waals surface area (Å²) in [4.78, 5) is 14.0. The van der Waals surface area contributed by atoms with Gasteiger partial charge in [-0.05, 0) is 40.0 Å². The highest BCUT2D eigenvalue weighted by Crippen LogP contribution is 2.23. The number of nitrogens with zero attached hydrogens (tertiary/aromatic N) is 1. The fourth-order valence-corrected chi connectivity index (χ4v) is 2.93. The van der Waals surface area contributed by atoms with Crippen molar-refractivity contribution in [1.29, 1.82) is 0 Å². The second-order valence-corrected chi connectivity index (χ2v) is 6.77. The molecule has 1 fully saturated rings. The summed E-state index contributed by atoms with van der Waals surface area (Å²) in [5, 5.41) is 8.80. The van der Waals surface area contributed by atoms with E-state index in [4.69, 9.17) is 9.84 Å². The standard InChI is InChI=1S/C13H25NO3S/c1-13(2,3)17-12(16)14-7-5-4-6-11(14)10-18-9-8-15/h11,15H,4-10H2,1-3H3. The molecule has 0 aromatic rings. The van der Waals surface area contributed by atoms with Crippen LogP contribution in [-0.4, -0.2) is 52.4 Å². The third-order valence-electron chi connectivity index (χ3n) is 2.80. The van der Waals surface area contributed by atoms with E-state index in [2.05, 4.69) is 0 Å². The van der Waals surface area contributed by atoms with Crippen molar-refractivity contribution in [2.45, 2.75) is 51.7 Å². The lowest BCUT2D eigenvalue weighted by molar-refractivity contribution is 0.0126. The fraction of sp³-hybridized carbons (Fsp3) is 0.923. The number of likely N-dealkylation sites (tertiary alicyclic amines) is 1. The molecule has 0 aromatic carbocycles. The van der Waals surface area contributed by atoms with Gasteiger partial charge in [-0.3, -0.25) is 0 Å². The van der Waals surface area contributed by atoms with Gasteiger partial charge < -0.3 is 14.7 Å². The summed E-state index contributed by atoms with van der Waals surface area (Å²) in [6.07, 6.45) is 3.07. The second-order valence-electron chi connectivity index (χ2n) is 5.62. The molecule has 1 unspecified atom stereocenters. The van der Waals surface area contributed by atoms with Crippen LogP contribution in [-0.2, 0) is 4.74 Å². The van der Waals surface area contributed by atoms with Gasteiger partial charge in [0.25, 0.3) is 0 Å². The van der Waals surface area contributed by atoms with Crippen LogP contribution in [0.2, 0.25) is 0 Å². The molecule has 5 heteroatoms. The van der Waals surface area contributed by atoms with E-state index >= 15 is 0 Å². The second kappa shape index (κ2) is 7.24. The lowest BCUT2D eigenvalue weighted by Crippen LogP contribution is -2.47. The SMILES string of the molecule is CC(C)(C)OC(=O)N1CCCCC1CSCCO. The average molecular weight is 275 g/mol. The monoisotopic (exact) mass is 275 g/mol. The molecule has 0 aromatic heterocycles. The van der Waals surface area contributed by atoms with Gasteiger partial charge >= 0.3 is 6.09 Å². The lowest BCUT2D eigenvalue weighted by Gasteiger charge is -2.36. The zero-order valence-corrected chi connectivity index (χ0v) is 12.5. The molecule has 4 nitrogen and oxygen atoms in total. The molecule has 1 aliphatic heterocycles. The normalized spacial score (nSPS) is 20.9. The quantitative estimate of drug-likeness (QED) is 0.801. The number of aliphatic hydroxyl groups excluding tert-OH is 1. The minimum atomic E-state index is -0.433. The number of hydrogen-bond acceptors (Lipinski definition) is 4. The van der Waals surface area contributed by atoms with Crippen LogP contribution in [0, 0.1) is 0 Å². The van der Waals surface area contributed by atoms with Crippen molar-refractivity contribution in [1.82, 2.24) is 4.90 Å².